The summed E-state index contributed by atoms with van der Waals surface area (Å²) in [5, 5.41) is -0.0784. The van der Waals surface area contributed by atoms with Crippen LogP contribution in [0.3, 0.4) is 0 Å². The Morgan fingerprint density at radius 3 is 2.43 bits per heavy atom. The number of hydrogen-bond donors (Lipinski definition) is 0. The molecule has 74 valence electrons. The van der Waals surface area contributed by atoms with Crippen molar-refractivity contribution in [3.63, 3.8) is 0 Å². The number of benzene rings is 1. The monoisotopic (exact) mass is 220 g/mol. The lowest BCUT2D eigenvalue weighted by Gasteiger charge is -1.91. The van der Waals surface area contributed by atoms with Crippen molar-refractivity contribution in [1.29, 1.82) is 0 Å². The molecule has 2 aromatic rings. The third kappa shape index (κ3) is 1.28. The fourth-order valence-electron chi connectivity index (χ4n) is 1.21. The SMILES string of the molecule is Fc1c(C(F)F)sc2c(F)cccc12. The summed E-state index contributed by atoms with van der Waals surface area (Å²) in [5.74, 6) is -1.68. The van der Waals surface area contributed by atoms with Crippen molar-refractivity contribution >= 4 is 21.4 Å². The topological polar surface area (TPSA) is 0 Å². The van der Waals surface area contributed by atoms with Gasteiger partial charge < -0.3 is 0 Å². The maximum absolute atomic E-state index is 13.2. The standard InChI is InChI=1S/C9H4F4S/c10-5-3-1-2-4-6(11)8(9(12)13)14-7(4)5/h1-3,9H. The van der Waals surface area contributed by atoms with Crippen LogP contribution in [-0.2, 0) is 0 Å². The van der Waals surface area contributed by atoms with Crippen molar-refractivity contribution in [2.24, 2.45) is 0 Å². The quantitative estimate of drug-likeness (QED) is 0.634. The summed E-state index contributed by atoms with van der Waals surface area (Å²) < 4.78 is 50.7. The Bertz CT molecular complexity index is 475. The van der Waals surface area contributed by atoms with Gasteiger partial charge in [0.15, 0.2) is 5.82 Å². The second-order valence-electron chi connectivity index (χ2n) is 2.70. The number of fused-ring (bicyclic) bond motifs is 1. The van der Waals surface area contributed by atoms with Crippen molar-refractivity contribution in [2.75, 3.05) is 0 Å². The van der Waals surface area contributed by atoms with E-state index in [9.17, 15) is 17.6 Å². The summed E-state index contributed by atoms with van der Waals surface area (Å²) in [6, 6.07) is 3.70. The summed E-state index contributed by atoms with van der Waals surface area (Å²) >= 11 is 0.459. The second kappa shape index (κ2) is 3.24. The summed E-state index contributed by atoms with van der Waals surface area (Å²) in [7, 11) is 0. The van der Waals surface area contributed by atoms with E-state index in [1.165, 1.54) is 12.1 Å². The van der Waals surface area contributed by atoms with Crippen LogP contribution in [0.5, 0.6) is 0 Å². The highest BCUT2D eigenvalue weighted by Gasteiger charge is 2.20. The molecule has 1 heterocycles. The largest absolute Gasteiger partial charge is 0.275 e. The fourth-order valence-corrected chi connectivity index (χ4v) is 2.15. The van der Waals surface area contributed by atoms with E-state index in [-0.39, 0.29) is 10.1 Å². The van der Waals surface area contributed by atoms with Crippen LogP contribution in [0.15, 0.2) is 18.2 Å². The molecule has 0 saturated heterocycles. The molecule has 0 bridgehead atoms. The predicted octanol–water partition coefficient (Wildman–Crippen LogP) is 4.12. The van der Waals surface area contributed by atoms with E-state index in [4.69, 9.17) is 0 Å². The van der Waals surface area contributed by atoms with Gasteiger partial charge in [-0.2, -0.15) is 0 Å². The lowest BCUT2D eigenvalue weighted by molar-refractivity contribution is 0.151. The highest BCUT2D eigenvalue weighted by atomic mass is 32.1. The van der Waals surface area contributed by atoms with Gasteiger partial charge in [0, 0.05) is 5.39 Å². The van der Waals surface area contributed by atoms with Crippen molar-refractivity contribution in [2.45, 2.75) is 6.43 Å². The van der Waals surface area contributed by atoms with Crippen LogP contribution in [0, 0.1) is 11.6 Å². The van der Waals surface area contributed by atoms with Gasteiger partial charge in [0.2, 0.25) is 0 Å². The van der Waals surface area contributed by atoms with Crippen LogP contribution in [0.2, 0.25) is 0 Å². The molecular weight excluding hydrogens is 216 g/mol. The molecule has 1 aromatic heterocycles. The maximum atomic E-state index is 13.2. The van der Waals surface area contributed by atoms with Gasteiger partial charge >= 0.3 is 0 Å². The van der Waals surface area contributed by atoms with Gasteiger partial charge in [0.05, 0.1) is 4.70 Å². The molecule has 0 aliphatic rings. The fraction of sp³-hybridized carbons (Fsp3) is 0.111. The van der Waals surface area contributed by atoms with Crippen LogP contribution in [0.25, 0.3) is 10.1 Å². The highest BCUT2D eigenvalue weighted by molar-refractivity contribution is 7.19. The first-order chi connectivity index (χ1) is 6.61. The lowest BCUT2D eigenvalue weighted by atomic mass is 10.2. The highest BCUT2D eigenvalue weighted by Crippen LogP contribution is 2.37. The van der Waals surface area contributed by atoms with E-state index in [1.807, 2.05) is 0 Å². The molecule has 2 rings (SSSR count). The molecule has 0 aliphatic carbocycles. The van der Waals surface area contributed by atoms with Crippen molar-refractivity contribution < 1.29 is 17.6 Å². The number of halogens is 4. The van der Waals surface area contributed by atoms with E-state index in [2.05, 4.69) is 0 Å². The number of alkyl halides is 2. The number of rotatable bonds is 1. The Balaban J connectivity index is 2.80. The van der Waals surface area contributed by atoms with Crippen molar-refractivity contribution in [3.05, 3.63) is 34.7 Å². The Kier molecular flexibility index (Phi) is 2.19. The molecule has 0 saturated carbocycles. The van der Waals surface area contributed by atoms with Gasteiger partial charge in [-0.1, -0.05) is 12.1 Å². The zero-order chi connectivity index (χ0) is 10.3. The molecule has 0 radical (unpaired) electrons. The maximum Gasteiger partial charge on any atom is 0.275 e. The van der Waals surface area contributed by atoms with E-state index >= 15 is 0 Å². The van der Waals surface area contributed by atoms with Gasteiger partial charge in [0.1, 0.15) is 10.7 Å². The van der Waals surface area contributed by atoms with Crippen molar-refractivity contribution in [1.82, 2.24) is 0 Å². The van der Waals surface area contributed by atoms with Gasteiger partial charge in [0.25, 0.3) is 6.43 Å². The van der Waals surface area contributed by atoms with E-state index in [1.54, 1.807) is 0 Å². The second-order valence-corrected chi connectivity index (χ2v) is 3.75. The molecule has 14 heavy (non-hydrogen) atoms. The summed E-state index contributed by atoms with van der Waals surface area (Å²) in [5.41, 5.74) is 0. The van der Waals surface area contributed by atoms with Crippen LogP contribution >= 0.6 is 11.3 Å². The van der Waals surface area contributed by atoms with Crippen LogP contribution in [-0.4, -0.2) is 0 Å². The average molecular weight is 220 g/mol. The Hall–Kier alpha value is -1.10. The average Bonchev–Trinajstić information content (AvgIpc) is 2.46. The van der Waals surface area contributed by atoms with Crippen LogP contribution < -0.4 is 0 Å². The third-order valence-corrected chi connectivity index (χ3v) is 3.03. The van der Waals surface area contributed by atoms with E-state index in [0.717, 1.165) is 6.07 Å². The van der Waals surface area contributed by atoms with Gasteiger partial charge in [-0.15, -0.1) is 11.3 Å². The Morgan fingerprint density at radius 2 is 1.86 bits per heavy atom. The molecule has 5 heteroatoms. The van der Waals surface area contributed by atoms with Crippen molar-refractivity contribution in [3.8, 4) is 0 Å². The summed E-state index contributed by atoms with van der Waals surface area (Å²) in [6.07, 6.45) is -2.90. The van der Waals surface area contributed by atoms with E-state index < -0.39 is 22.9 Å². The molecule has 0 spiro atoms. The molecule has 0 nitrogen and oxygen atoms in total. The Morgan fingerprint density at radius 1 is 1.14 bits per heavy atom. The minimum atomic E-state index is -2.90. The molecule has 0 unspecified atom stereocenters. The first-order valence-corrected chi connectivity index (χ1v) is 4.57. The predicted molar refractivity (Wildman–Crippen MR) is 46.7 cm³/mol. The molecule has 0 amide bonds. The molecule has 0 N–H and O–H groups in total. The molecule has 0 aliphatic heterocycles. The Labute approximate surface area is 80.8 Å². The summed E-state index contributed by atoms with van der Waals surface area (Å²) in [4.78, 5) is -0.704. The van der Waals surface area contributed by atoms with Gasteiger partial charge in [-0.3, -0.25) is 0 Å². The first kappa shape index (κ1) is 9.45. The zero-order valence-corrected chi connectivity index (χ0v) is 7.55. The normalized spacial score (nSPS) is 11.5. The van der Waals surface area contributed by atoms with Gasteiger partial charge in [-0.25, -0.2) is 17.6 Å². The first-order valence-electron chi connectivity index (χ1n) is 3.76. The van der Waals surface area contributed by atoms with Crippen LogP contribution in [0.4, 0.5) is 17.6 Å². The minimum Gasteiger partial charge on any atom is -0.205 e. The molecule has 1 aromatic carbocycles. The zero-order valence-electron chi connectivity index (χ0n) is 6.73. The smallest absolute Gasteiger partial charge is 0.205 e. The van der Waals surface area contributed by atoms with Crippen LogP contribution in [0.1, 0.15) is 11.3 Å². The number of thiophene rings is 1. The molecule has 0 atom stereocenters. The van der Waals surface area contributed by atoms with E-state index in [0.29, 0.717) is 11.3 Å². The lowest BCUT2D eigenvalue weighted by Crippen LogP contribution is -1.81. The summed E-state index contributed by atoms with van der Waals surface area (Å²) in [6.45, 7) is 0. The molecular formula is C9H4F4S. The minimum absolute atomic E-state index is 0.0553. The number of hydrogen-bond acceptors (Lipinski definition) is 1. The molecule has 0 fully saturated rings. The third-order valence-electron chi connectivity index (χ3n) is 1.83. The van der Waals surface area contributed by atoms with Gasteiger partial charge in [-0.05, 0) is 6.07 Å².